The van der Waals surface area contributed by atoms with Crippen LogP contribution in [-0.4, -0.2) is 28.4 Å². The second-order valence-electron chi connectivity index (χ2n) is 4.93. The number of hydrogen-bond donors (Lipinski definition) is 1. The number of pyridine rings is 1. The Kier molecular flexibility index (Phi) is 5.31. The Morgan fingerprint density at radius 1 is 1.33 bits per heavy atom. The highest BCUT2D eigenvalue weighted by atomic mass is 35.5. The highest BCUT2D eigenvalue weighted by Gasteiger charge is 2.13. The van der Waals surface area contributed by atoms with Gasteiger partial charge in [-0.2, -0.15) is 5.10 Å². The molecule has 2 aromatic heterocycles. The minimum atomic E-state index is 0.534. The minimum absolute atomic E-state index is 0.534. The first-order valence-corrected chi connectivity index (χ1v) is 7.55. The van der Waals surface area contributed by atoms with Crippen LogP contribution in [0.5, 0.6) is 0 Å². The van der Waals surface area contributed by atoms with Gasteiger partial charge in [0.15, 0.2) is 0 Å². The minimum Gasteiger partial charge on any atom is -0.369 e. The molecule has 0 aliphatic carbocycles. The Morgan fingerprint density at radius 3 is 2.71 bits per heavy atom. The van der Waals surface area contributed by atoms with E-state index in [1.807, 2.05) is 31.4 Å². The van der Waals surface area contributed by atoms with Gasteiger partial charge in [-0.3, -0.25) is 4.68 Å². The summed E-state index contributed by atoms with van der Waals surface area (Å²) < 4.78 is 1.77. The lowest BCUT2D eigenvalue weighted by molar-refractivity contribution is 0.766. The van der Waals surface area contributed by atoms with Crippen LogP contribution in [0.15, 0.2) is 18.5 Å². The predicted molar refractivity (Wildman–Crippen MR) is 88.4 cm³/mol. The average molecular weight is 328 g/mol. The first-order chi connectivity index (χ1) is 10.0. The molecule has 0 spiro atoms. The van der Waals surface area contributed by atoms with Crippen LogP contribution in [0.25, 0.3) is 0 Å². The van der Waals surface area contributed by atoms with E-state index >= 15 is 0 Å². The van der Waals surface area contributed by atoms with Gasteiger partial charge in [-0.25, -0.2) is 4.98 Å². The quantitative estimate of drug-likeness (QED) is 0.880. The van der Waals surface area contributed by atoms with Crippen LogP contribution in [-0.2, 0) is 13.6 Å². The molecule has 0 aliphatic heterocycles. The van der Waals surface area contributed by atoms with Gasteiger partial charge in [-0.1, -0.05) is 30.1 Å². The molecule has 0 fully saturated rings. The van der Waals surface area contributed by atoms with Gasteiger partial charge in [0.05, 0.1) is 16.2 Å². The van der Waals surface area contributed by atoms with Crippen molar-refractivity contribution in [2.45, 2.75) is 19.9 Å². The van der Waals surface area contributed by atoms with Crippen molar-refractivity contribution in [2.75, 3.05) is 23.8 Å². The van der Waals surface area contributed by atoms with Crippen molar-refractivity contribution in [3.05, 3.63) is 34.1 Å². The van der Waals surface area contributed by atoms with Crippen LogP contribution in [0.3, 0.4) is 0 Å². The molecule has 0 radical (unpaired) electrons. The van der Waals surface area contributed by atoms with Gasteiger partial charge in [-0.05, 0) is 12.5 Å². The van der Waals surface area contributed by atoms with Crippen LogP contribution < -0.4 is 10.2 Å². The molecule has 0 saturated carbocycles. The van der Waals surface area contributed by atoms with Crippen molar-refractivity contribution >= 4 is 34.8 Å². The highest BCUT2D eigenvalue weighted by molar-refractivity contribution is 6.37. The van der Waals surface area contributed by atoms with Gasteiger partial charge < -0.3 is 10.2 Å². The van der Waals surface area contributed by atoms with Gasteiger partial charge in [0.1, 0.15) is 11.6 Å². The van der Waals surface area contributed by atoms with Crippen LogP contribution in [0, 0.1) is 0 Å². The Morgan fingerprint density at radius 2 is 2.10 bits per heavy atom. The fraction of sp³-hybridized carbons (Fsp3) is 0.429. The zero-order valence-corrected chi connectivity index (χ0v) is 13.9. The molecule has 5 nitrogen and oxygen atoms in total. The van der Waals surface area contributed by atoms with Gasteiger partial charge in [0.25, 0.3) is 0 Å². The van der Waals surface area contributed by atoms with Crippen molar-refractivity contribution in [2.24, 2.45) is 7.05 Å². The second-order valence-corrected chi connectivity index (χ2v) is 5.74. The molecule has 0 saturated heterocycles. The Hall–Kier alpha value is -1.46. The summed E-state index contributed by atoms with van der Waals surface area (Å²) in [5.74, 6) is 1.36. The zero-order valence-electron chi connectivity index (χ0n) is 12.4. The Bertz CT molecular complexity index is 611. The third kappa shape index (κ3) is 4.02. The number of halogens is 2. The van der Waals surface area contributed by atoms with Crippen molar-refractivity contribution in [3.63, 3.8) is 0 Å². The maximum absolute atomic E-state index is 6.26. The summed E-state index contributed by atoms with van der Waals surface area (Å²) in [6.45, 7) is 3.59. The van der Waals surface area contributed by atoms with Gasteiger partial charge in [0.2, 0.25) is 0 Å². The molecular formula is C14H19Cl2N5. The van der Waals surface area contributed by atoms with Gasteiger partial charge >= 0.3 is 0 Å². The first-order valence-electron chi connectivity index (χ1n) is 6.79. The molecule has 0 atom stereocenters. The molecule has 0 amide bonds. The summed E-state index contributed by atoms with van der Waals surface area (Å²) in [5.41, 5.74) is 1.09. The lowest BCUT2D eigenvalue weighted by atomic mass is 10.3. The normalized spacial score (nSPS) is 10.7. The standard InChI is InChI=1S/C14H19Cl2N5/c1-4-5-17-13-11(15)6-12(16)14(19-13)20(2)8-10-7-18-21(3)9-10/h6-7,9H,4-5,8H2,1-3H3,(H,17,19). The third-order valence-corrected chi connectivity index (χ3v) is 3.56. The molecule has 114 valence electrons. The Labute approximate surface area is 134 Å². The molecule has 0 unspecified atom stereocenters. The van der Waals surface area contributed by atoms with Gasteiger partial charge in [-0.15, -0.1) is 0 Å². The van der Waals surface area contributed by atoms with Crippen LogP contribution >= 0.6 is 23.2 Å². The van der Waals surface area contributed by atoms with Crippen molar-refractivity contribution in [1.82, 2.24) is 14.8 Å². The molecule has 0 aliphatic rings. The lowest BCUT2D eigenvalue weighted by Crippen LogP contribution is -2.18. The van der Waals surface area contributed by atoms with Crippen LogP contribution in [0.2, 0.25) is 10.0 Å². The van der Waals surface area contributed by atoms with E-state index in [1.165, 1.54) is 0 Å². The smallest absolute Gasteiger partial charge is 0.149 e. The fourth-order valence-electron chi connectivity index (χ4n) is 1.99. The maximum Gasteiger partial charge on any atom is 0.149 e. The van der Waals surface area contributed by atoms with Crippen molar-refractivity contribution < 1.29 is 0 Å². The van der Waals surface area contributed by atoms with Crippen molar-refractivity contribution in [3.8, 4) is 0 Å². The number of nitrogens with one attached hydrogen (secondary N) is 1. The van der Waals surface area contributed by atoms with E-state index in [2.05, 4.69) is 22.3 Å². The second kappa shape index (κ2) is 7.00. The topological polar surface area (TPSA) is 46.0 Å². The number of anilines is 2. The van der Waals surface area contributed by atoms with E-state index in [-0.39, 0.29) is 0 Å². The molecule has 7 heteroatoms. The summed E-state index contributed by atoms with van der Waals surface area (Å²) in [7, 11) is 3.84. The number of aryl methyl sites for hydroxylation is 1. The predicted octanol–water partition coefficient (Wildman–Crippen LogP) is 3.58. The molecule has 2 heterocycles. The van der Waals surface area contributed by atoms with Gasteiger partial charge in [0, 0.05) is 38.9 Å². The number of hydrogen-bond acceptors (Lipinski definition) is 4. The average Bonchev–Trinajstić information content (AvgIpc) is 2.83. The monoisotopic (exact) mass is 327 g/mol. The highest BCUT2D eigenvalue weighted by Crippen LogP contribution is 2.31. The van der Waals surface area contributed by atoms with E-state index in [0.717, 1.165) is 18.5 Å². The van der Waals surface area contributed by atoms with Crippen molar-refractivity contribution in [1.29, 1.82) is 0 Å². The first kappa shape index (κ1) is 15.9. The summed E-state index contributed by atoms with van der Waals surface area (Å²) in [6.07, 6.45) is 4.80. The largest absolute Gasteiger partial charge is 0.369 e. The van der Waals surface area contributed by atoms with E-state index in [0.29, 0.717) is 28.2 Å². The molecule has 2 rings (SSSR count). The number of nitrogens with zero attached hydrogens (tertiary/aromatic N) is 4. The SMILES string of the molecule is CCCNc1nc(N(C)Cc2cnn(C)c2)c(Cl)cc1Cl. The van der Waals surface area contributed by atoms with Crippen LogP contribution in [0.4, 0.5) is 11.6 Å². The molecule has 21 heavy (non-hydrogen) atoms. The molecule has 0 aromatic carbocycles. The number of aromatic nitrogens is 3. The summed E-state index contributed by atoms with van der Waals surface area (Å²) in [6, 6.07) is 1.73. The third-order valence-electron chi connectivity index (χ3n) is 2.99. The summed E-state index contributed by atoms with van der Waals surface area (Å²) >= 11 is 12.4. The zero-order chi connectivity index (χ0) is 15.4. The van der Waals surface area contributed by atoms with E-state index in [4.69, 9.17) is 23.2 Å². The number of rotatable bonds is 6. The Balaban J connectivity index is 2.20. The molecule has 2 aromatic rings. The lowest BCUT2D eigenvalue weighted by Gasteiger charge is -2.20. The van der Waals surface area contributed by atoms with E-state index in [9.17, 15) is 0 Å². The van der Waals surface area contributed by atoms with E-state index in [1.54, 1.807) is 10.7 Å². The molecule has 0 bridgehead atoms. The summed E-state index contributed by atoms with van der Waals surface area (Å²) in [4.78, 5) is 6.51. The summed E-state index contributed by atoms with van der Waals surface area (Å²) in [5, 5.41) is 8.44. The van der Waals surface area contributed by atoms with E-state index < -0.39 is 0 Å². The van der Waals surface area contributed by atoms with Crippen LogP contribution in [0.1, 0.15) is 18.9 Å². The molecular weight excluding hydrogens is 309 g/mol. The maximum atomic E-state index is 6.26. The molecule has 1 N–H and O–H groups in total. The fourth-order valence-corrected chi connectivity index (χ4v) is 2.56.